The van der Waals surface area contributed by atoms with E-state index in [0.717, 1.165) is 50.1 Å². The molecule has 0 saturated carbocycles. The molecule has 0 fully saturated rings. The number of carbonyl (C=O) groups is 1. The fourth-order valence-corrected chi connectivity index (χ4v) is 4.75. The predicted molar refractivity (Wildman–Crippen MR) is 165 cm³/mol. The number of fused-ring (bicyclic) bond motifs is 1. The molecule has 2 amide bonds. The zero-order chi connectivity index (χ0) is 29.4. The first-order chi connectivity index (χ1) is 19.7. The zero-order valence-electron chi connectivity index (χ0n) is 24.2. The van der Waals surface area contributed by atoms with Crippen LogP contribution in [0.15, 0.2) is 72.9 Å². The number of urea groups is 1. The van der Waals surface area contributed by atoms with Crippen LogP contribution in [0, 0.1) is 29.6 Å². The molecule has 1 heterocycles. The van der Waals surface area contributed by atoms with E-state index in [1.165, 1.54) is 0 Å². The second-order valence-corrected chi connectivity index (χ2v) is 11.2. The minimum Gasteiger partial charge on any atom is -0.307 e. The molecule has 3 aromatic carbocycles. The summed E-state index contributed by atoms with van der Waals surface area (Å²) in [5.74, 6) is 0. The third kappa shape index (κ3) is 7.48. The van der Waals surface area contributed by atoms with Crippen molar-refractivity contribution < 1.29 is 4.79 Å². The van der Waals surface area contributed by atoms with E-state index in [1.54, 1.807) is 0 Å². The SMILES string of the molecule is Cc1ccc(C(C)(C)C)cc1NC(=O)Nc1ccc(-c2ccc(CN(CCC#N)CCC#N)nc2)c2ccccc12. The first kappa shape index (κ1) is 29.3. The maximum atomic E-state index is 13.1. The van der Waals surface area contributed by atoms with E-state index in [2.05, 4.69) is 59.5 Å². The molecule has 208 valence electrons. The van der Waals surface area contributed by atoms with Gasteiger partial charge >= 0.3 is 6.03 Å². The molecule has 0 spiro atoms. The molecule has 0 atom stereocenters. The highest BCUT2D eigenvalue weighted by atomic mass is 16.2. The molecule has 0 radical (unpaired) electrons. The minimum atomic E-state index is -0.291. The first-order valence-corrected chi connectivity index (χ1v) is 13.8. The number of benzene rings is 3. The fraction of sp³-hybridized carbons (Fsp3) is 0.294. The van der Waals surface area contributed by atoms with Crippen LogP contribution in [0.25, 0.3) is 21.9 Å². The van der Waals surface area contributed by atoms with E-state index < -0.39 is 0 Å². The van der Waals surface area contributed by atoms with Crippen molar-refractivity contribution in [2.45, 2.75) is 52.5 Å². The van der Waals surface area contributed by atoms with Crippen molar-refractivity contribution in [3.63, 3.8) is 0 Å². The molecule has 4 rings (SSSR count). The standard InChI is InChI=1S/C34H36N6O/c1-24-11-13-26(34(2,3)4)21-32(24)39-33(41)38-31-16-15-28(29-9-5-6-10-30(29)31)25-12-14-27(37-22-25)23-40(19-7-17-35)20-8-18-36/h5-6,9-16,21-22H,7-8,19-20,23H2,1-4H3,(H2,38,39,41). The molecule has 2 N–H and O–H groups in total. The van der Waals surface area contributed by atoms with Crippen LogP contribution in [-0.2, 0) is 12.0 Å². The lowest BCUT2D eigenvalue weighted by Gasteiger charge is -2.21. The number of amides is 2. The van der Waals surface area contributed by atoms with E-state index in [-0.39, 0.29) is 11.4 Å². The molecule has 0 aliphatic rings. The molecule has 0 bridgehead atoms. The van der Waals surface area contributed by atoms with Crippen LogP contribution in [0.3, 0.4) is 0 Å². The molecule has 0 unspecified atom stereocenters. The topological polar surface area (TPSA) is 105 Å². The fourth-order valence-electron chi connectivity index (χ4n) is 4.75. The van der Waals surface area contributed by atoms with E-state index in [4.69, 9.17) is 10.5 Å². The Balaban J connectivity index is 1.54. The van der Waals surface area contributed by atoms with Gasteiger partial charge in [-0.25, -0.2) is 4.79 Å². The van der Waals surface area contributed by atoms with E-state index >= 15 is 0 Å². The van der Waals surface area contributed by atoms with Crippen molar-refractivity contribution in [3.05, 3.63) is 89.7 Å². The number of nitriles is 2. The van der Waals surface area contributed by atoms with Gasteiger partial charge in [-0.1, -0.05) is 69.3 Å². The Labute approximate surface area is 242 Å². The summed E-state index contributed by atoms with van der Waals surface area (Å²) < 4.78 is 0. The quantitative estimate of drug-likeness (QED) is 0.224. The molecule has 41 heavy (non-hydrogen) atoms. The molecule has 1 aromatic heterocycles. The van der Waals surface area contributed by atoms with Crippen molar-refractivity contribution in [2.75, 3.05) is 23.7 Å². The van der Waals surface area contributed by atoms with Gasteiger partial charge in [0.1, 0.15) is 0 Å². The third-order valence-corrected chi connectivity index (χ3v) is 7.13. The lowest BCUT2D eigenvalue weighted by molar-refractivity contribution is 0.262. The highest BCUT2D eigenvalue weighted by Crippen LogP contribution is 2.33. The Kier molecular flexibility index (Phi) is 9.34. The Bertz CT molecular complexity index is 1590. The maximum Gasteiger partial charge on any atom is 0.323 e. The van der Waals surface area contributed by atoms with Gasteiger partial charge in [0.25, 0.3) is 0 Å². The molecule has 0 aliphatic carbocycles. The van der Waals surface area contributed by atoms with E-state index in [1.807, 2.05) is 73.8 Å². The maximum absolute atomic E-state index is 13.1. The van der Waals surface area contributed by atoms with Crippen LogP contribution < -0.4 is 10.6 Å². The van der Waals surface area contributed by atoms with Gasteiger partial charge < -0.3 is 10.6 Å². The van der Waals surface area contributed by atoms with Crippen LogP contribution >= 0.6 is 0 Å². The number of carbonyl (C=O) groups excluding carboxylic acids is 1. The van der Waals surface area contributed by atoms with Crippen LogP contribution in [0.5, 0.6) is 0 Å². The summed E-state index contributed by atoms with van der Waals surface area (Å²) in [6, 6.07) is 26.2. The number of nitrogens with one attached hydrogen (secondary N) is 2. The molecule has 7 heteroatoms. The average molecular weight is 545 g/mol. The number of aryl methyl sites for hydroxylation is 1. The summed E-state index contributed by atoms with van der Waals surface area (Å²) in [7, 11) is 0. The summed E-state index contributed by atoms with van der Waals surface area (Å²) in [6.45, 7) is 10.2. The summed E-state index contributed by atoms with van der Waals surface area (Å²) in [5, 5.41) is 25.9. The van der Waals surface area contributed by atoms with Gasteiger partial charge in [0.2, 0.25) is 0 Å². The zero-order valence-corrected chi connectivity index (χ0v) is 24.2. The normalized spacial score (nSPS) is 11.2. The number of rotatable bonds is 9. The van der Waals surface area contributed by atoms with Gasteiger partial charge in [0.05, 0.1) is 23.5 Å². The summed E-state index contributed by atoms with van der Waals surface area (Å²) >= 11 is 0. The lowest BCUT2D eigenvalue weighted by Crippen LogP contribution is -2.25. The van der Waals surface area contributed by atoms with Crippen molar-refractivity contribution in [2.24, 2.45) is 0 Å². The Hall–Kier alpha value is -4.72. The van der Waals surface area contributed by atoms with Gasteiger partial charge in [-0.05, 0) is 52.6 Å². The molecule has 0 saturated heterocycles. The summed E-state index contributed by atoms with van der Waals surface area (Å²) in [4.78, 5) is 19.8. The van der Waals surface area contributed by atoms with Crippen molar-refractivity contribution in [1.82, 2.24) is 9.88 Å². The number of nitrogens with zero attached hydrogens (tertiary/aromatic N) is 4. The van der Waals surface area contributed by atoms with Gasteiger partial charge in [-0.2, -0.15) is 10.5 Å². The lowest BCUT2D eigenvalue weighted by atomic mass is 9.86. The summed E-state index contributed by atoms with van der Waals surface area (Å²) in [5.41, 5.74) is 6.53. The molecular weight excluding hydrogens is 508 g/mol. The smallest absolute Gasteiger partial charge is 0.307 e. The highest BCUT2D eigenvalue weighted by molar-refractivity contribution is 6.09. The molecular formula is C34H36N6O. The number of pyridine rings is 1. The van der Waals surface area contributed by atoms with Crippen molar-refractivity contribution >= 4 is 28.2 Å². The van der Waals surface area contributed by atoms with Crippen LogP contribution in [0.2, 0.25) is 0 Å². The Morgan fingerprint density at radius 2 is 1.56 bits per heavy atom. The second kappa shape index (κ2) is 13.1. The third-order valence-electron chi connectivity index (χ3n) is 7.13. The highest BCUT2D eigenvalue weighted by Gasteiger charge is 2.16. The number of anilines is 2. The van der Waals surface area contributed by atoms with Crippen molar-refractivity contribution in [1.29, 1.82) is 10.5 Å². The molecule has 0 aliphatic heterocycles. The van der Waals surface area contributed by atoms with Gasteiger partial charge in [0.15, 0.2) is 0 Å². The summed E-state index contributed by atoms with van der Waals surface area (Å²) in [6.07, 6.45) is 2.68. The Morgan fingerprint density at radius 3 is 2.20 bits per heavy atom. The van der Waals surface area contributed by atoms with Gasteiger partial charge in [-0.3, -0.25) is 9.88 Å². The molecule has 7 nitrogen and oxygen atoms in total. The van der Waals surface area contributed by atoms with E-state index in [9.17, 15) is 4.79 Å². The van der Waals surface area contributed by atoms with Crippen LogP contribution in [0.4, 0.5) is 16.2 Å². The Morgan fingerprint density at radius 1 is 0.878 bits per heavy atom. The average Bonchev–Trinajstić information content (AvgIpc) is 2.95. The van der Waals surface area contributed by atoms with Crippen LogP contribution in [0.1, 0.15) is 50.4 Å². The van der Waals surface area contributed by atoms with Gasteiger partial charge in [0, 0.05) is 55.3 Å². The van der Waals surface area contributed by atoms with Crippen molar-refractivity contribution in [3.8, 4) is 23.3 Å². The monoisotopic (exact) mass is 544 g/mol. The van der Waals surface area contributed by atoms with Crippen LogP contribution in [-0.4, -0.2) is 29.0 Å². The minimum absolute atomic E-state index is 0.0200. The van der Waals surface area contributed by atoms with E-state index in [0.29, 0.717) is 32.5 Å². The number of hydrogen-bond acceptors (Lipinski definition) is 5. The number of hydrogen-bond donors (Lipinski definition) is 2. The second-order valence-electron chi connectivity index (χ2n) is 11.2. The van der Waals surface area contributed by atoms with Gasteiger partial charge in [-0.15, -0.1) is 0 Å². The largest absolute Gasteiger partial charge is 0.323 e. The first-order valence-electron chi connectivity index (χ1n) is 13.8. The number of aromatic nitrogens is 1. The predicted octanol–water partition coefficient (Wildman–Crippen LogP) is 7.78. The molecule has 4 aromatic rings.